The molecule has 2 heterocycles. The van der Waals surface area contributed by atoms with Gasteiger partial charge in [-0.25, -0.2) is 9.53 Å². The maximum atomic E-state index is 11.8. The van der Waals surface area contributed by atoms with Crippen LogP contribution in [0.1, 0.15) is 28.9 Å². The topological polar surface area (TPSA) is 73.5 Å². The summed E-state index contributed by atoms with van der Waals surface area (Å²) in [6, 6.07) is 0. The summed E-state index contributed by atoms with van der Waals surface area (Å²) in [6.07, 6.45) is 2.03. The van der Waals surface area contributed by atoms with E-state index >= 15 is 0 Å². The highest BCUT2D eigenvalue weighted by molar-refractivity contribution is 5.94. The predicted molar refractivity (Wildman–Crippen MR) is 60.0 cm³/mol. The lowest BCUT2D eigenvalue weighted by Gasteiger charge is -2.09. The van der Waals surface area contributed by atoms with Gasteiger partial charge in [0.05, 0.1) is 11.8 Å². The van der Waals surface area contributed by atoms with Gasteiger partial charge in [-0.2, -0.15) is 0 Å². The minimum atomic E-state index is -0.602. The third-order valence-corrected chi connectivity index (χ3v) is 3.00. The number of rotatable bonds is 3. The van der Waals surface area contributed by atoms with Gasteiger partial charge < -0.3 is 14.6 Å². The second kappa shape index (κ2) is 4.75. The first-order valence-electron chi connectivity index (χ1n) is 5.66. The van der Waals surface area contributed by atoms with Crippen LogP contribution >= 0.6 is 0 Å². The molecule has 1 amide bonds. The zero-order chi connectivity index (χ0) is 12.4. The van der Waals surface area contributed by atoms with E-state index in [1.807, 2.05) is 0 Å². The van der Waals surface area contributed by atoms with Crippen molar-refractivity contribution in [1.29, 1.82) is 0 Å². The smallest absolute Gasteiger partial charge is 0.370 e. The van der Waals surface area contributed by atoms with Crippen molar-refractivity contribution in [3.8, 4) is 0 Å². The highest BCUT2D eigenvalue weighted by Crippen LogP contribution is 2.11. The first-order valence-corrected chi connectivity index (χ1v) is 5.66. The van der Waals surface area contributed by atoms with E-state index in [1.54, 1.807) is 14.0 Å². The minimum Gasteiger partial charge on any atom is -0.376 e. The molecule has 2 rings (SSSR count). The standard InChI is InChI=1S/C11H16N2O4/c1-7-9(11(15)17-13(7)2)10(14)12-6-8-4-3-5-16-8/h8H,3-6H2,1-2H3,(H,12,14). The molecule has 17 heavy (non-hydrogen) atoms. The van der Waals surface area contributed by atoms with Crippen molar-refractivity contribution in [1.82, 2.24) is 10.1 Å². The van der Waals surface area contributed by atoms with Crippen LogP contribution in [0.25, 0.3) is 0 Å². The van der Waals surface area contributed by atoms with Gasteiger partial charge >= 0.3 is 5.63 Å². The minimum absolute atomic E-state index is 0.0648. The molecule has 0 bridgehead atoms. The fraction of sp³-hybridized carbons (Fsp3) is 0.636. The molecule has 1 unspecified atom stereocenters. The van der Waals surface area contributed by atoms with E-state index in [-0.39, 0.29) is 11.7 Å². The first kappa shape index (κ1) is 11.9. The summed E-state index contributed by atoms with van der Waals surface area (Å²) in [5.41, 5.74) is 0.000164. The van der Waals surface area contributed by atoms with Crippen molar-refractivity contribution in [3.05, 3.63) is 21.7 Å². The maximum Gasteiger partial charge on any atom is 0.370 e. The predicted octanol–water partition coefficient (Wildman–Crippen LogP) is 0.196. The van der Waals surface area contributed by atoms with Gasteiger partial charge in [0.15, 0.2) is 0 Å². The largest absolute Gasteiger partial charge is 0.376 e. The summed E-state index contributed by atoms with van der Waals surface area (Å²) in [6.45, 7) is 2.85. The van der Waals surface area contributed by atoms with Crippen molar-refractivity contribution < 1.29 is 14.1 Å². The number of hydrogen-bond acceptors (Lipinski definition) is 4. The molecule has 94 valence electrons. The Morgan fingerprint density at radius 1 is 1.59 bits per heavy atom. The Balaban J connectivity index is 2.01. The van der Waals surface area contributed by atoms with Gasteiger partial charge in [-0.15, -0.1) is 0 Å². The lowest BCUT2D eigenvalue weighted by Crippen LogP contribution is -2.34. The zero-order valence-corrected chi connectivity index (χ0v) is 9.99. The Bertz CT molecular complexity index is 468. The quantitative estimate of drug-likeness (QED) is 0.818. The lowest BCUT2D eigenvalue weighted by atomic mass is 10.2. The van der Waals surface area contributed by atoms with Crippen LogP contribution in [0.4, 0.5) is 0 Å². The number of amides is 1. The fourth-order valence-electron chi connectivity index (χ4n) is 1.90. The van der Waals surface area contributed by atoms with Gasteiger partial charge in [0.1, 0.15) is 5.56 Å². The second-order valence-electron chi connectivity index (χ2n) is 4.18. The number of carbonyl (C=O) groups excluding carboxylic acids is 1. The summed E-state index contributed by atoms with van der Waals surface area (Å²) in [7, 11) is 1.59. The Hall–Kier alpha value is -1.56. The Morgan fingerprint density at radius 3 is 2.88 bits per heavy atom. The molecule has 0 aliphatic carbocycles. The van der Waals surface area contributed by atoms with Crippen molar-refractivity contribution >= 4 is 5.91 Å². The van der Waals surface area contributed by atoms with Crippen LogP contribution in [0.15, 0.2) is 9.32 Å². The van der Waals surface area contributed by atoms with Gasteiger partial charge in [-0.05, 0) is 19.8 Å². The second-order valence-corrected chi connectivity index (χ2v) is 4.18. The van der Waals surface area contributed by atoms with Crippen LogP contribution in [-0.2, 0) is 11.8 Å². The van der Waals surface area contributed by atoms with E-state index < -0.39 is 11.5 Å². The molecule has 0 radical (unpaired) electrons. The van der Waals surface area contributed by atoms with E-state index in [4.69, 9.17) is 9.26 Å². The van der Waals surface area contributed by atoms with E-state index in [2.05, 4.69) is 5.32 Å². The van der Waals surface area contributed by atoms with Crippen molar-refractivity contribution in [2.45, 2.75) is 25.9 Å². The maximum absolute atomic E-state index is 11.8. The lowest BCUT2D eigenvalue weighted by molar-refractivity contribution is 0.0855. The van der Waals surface area contributed by atoms with Crippen molar-refractivity contribution in [2.75, 3.05) is 13.2 Å². The molecule has 1 aliphatic rings. The monoisotopic (exact) mass is 240 g/mol. The number of aryl methyl sites for hydroxylation is 1. The number of nitrogens with one attached hydrogen (secondary N) is 1. The van der Waals surface area contributed by atoms with Gasteiger partial charge in [0.25, 0.3) is 5.91 Å². The van der Waals surface area contributed by atoms with Crippen molar-refractivity contribution in [3.63, 3.8) is 0 Å². The van der Waals surface area contributed by atoms with Crippen molar-refractivity contribution in [2.24, 2.45) is 7.05 Å². The molecule has 0 saturated carbocycles. The fourth-order valence-corrected chi connectivity index (χ4v) is 1.90. The van der Waals surface area contributed by atoms with Crippen LogP contribution in [0.2, 0.25) is 0 Å². The van der Waals surface area contributed by atoms with Gasteiger partial charge in [-0.1, -0.05) is 0 Å². The molecule has 1 N–H and O–H groups in total. The Morgan fingerprint density at radius 2 is 2.35 bits per heavy atom. The van der Waals surface area contributed by atoms with E-state index in [0.717, 1.165) is 19.4 Å². The molecule has 1 atom stereocenters. The van der Waals surface area contributed by atoms with Gasteiger partial charge in [0, 0.05) is 20.2 Å². The average Bonchev–Trinajstić information content (AvgIpc) is 2.86. The third kappa shape index (κ3) is 2.41. The van der Waals surface area contributed by atoms with Gasteiger partial charge in [0.2, 0.25) is 0 Å². The zero-order valence-electron chi connectivity index (χ0n) is 9.99. The molecule has 6 nitrogen and oxygen atoms in total. The normalized spacial score (nSPS) is 19.5. The van der Waals surface area contributed by atoms with Crippen LogP contribution in [0.5, 0.6) is 0 Å². The number of nitrogens with zero attached hydrogens (tertiary/aromatic N) is 1. The van der Waals surface area contributed by atoms with Crippen LogP contribution in [0, 0.1) is 6.92 Å². The first-order chi connectivity index (χ1) is 8.09. The van der Waals surface area contributed by atoms with Crippen LogP contribution < -0.4 is 10.9 Å². The summed E-state index contributed by atoms with van der Waals surface area (Å²) >= 11 is 0. The molecular weight excluding hydrogens is 224 g/mol. The highest BCUT2D eigenvalue weighted by atomic mass is 16.5. The van der Waals surface area contributed by atoms with Crippen LogP contribution in [-0.4, -0.2) is 29.9 Å². The Kier molecular flexibility index (Phi) is 3.33. The van der Waals surface area contributed by atoms with Gasteiger partial charge in [-0.3, -0.25) is 4.79 Å². The van der Waals surface area contributed by atoms with E-state index in [0.29, 0.717) is 12.2 Å². The summed E-state index contributed by atoms with van der Waals surface area (Å²) in [5, 5.41) is 2.70. The molecule has 0 spiro atoms. The summed E-state index contributed by atoms with van der Waals surface area (Å²) < 4.78 is 11.5. The number of aromatic nitrogens is 1. The molecular formula is C11H16N2O4. The molecule has 0 aromatic carbocycles. The summed E-state index contributed by atoms with van der Waals surface area (Å²) in [4.78, 5) is 23.2. The van der Waals surface area contributed by atoms with E-state index in [9.17, 15) is 9.59 Å². The number of ether oxygens (including phenoxy) is 1. The van der Waals surface area contributed by atoms with Crippen LogP contribution in [0.3, 0.4) is 0 Å². The number of carbonyl (C=O) groups is 1. The third-order valence-electron chi connectivity index (χ3n) is 3.00. The van der Waals surface area contributed by atoms with E-state index in [1.165, 1.54) is 4.74 Å². The molecule has 1 aromatic heterocycles. The molecule has 1 aromatic rings. The molecule has 1 aliphatic heterocycles. The summed E-state index contributed by atoms with van der Waals surface area (Å²) in [5.74, 6) is -0.396. The SMILES string of the molecule is Cc1c(C(=O)NCC2CCCO2)c(=O)on1C. The number of hydrogen-bond donors (Lipinski definition) is 1. The molecule has 6 heteroatoms. The molecule has 1 fully saturated rings. The Labute approximate surface area is 98.5 Å². The average molecular weight is 240 g/mol. The molecule has 1 saturated heterocycles. The highest BCUT2D eigenvalue weighted by Gasteiger charge is 2.21.